The van der Waals surface area contributed by atoms with Crippen LogP contribution in [0.15, 0.2) is 71.5 Å². The van der Waals surface area contributed by atoms with Crippen molar-refractivity contribution in [3.63, 3.8) is 0 Å². The van der Waals surface area contributed by atoms with E-state index in [0.717, 1.165) is 27.8 Å². The first-order valence-electron chi connectivity index (χ1n) is 11.9. The van der Waals surface area contributed by atoms with E-state index in [4.69, 9.17) is 4.74 Å². The van der Waals surface area contributed by atoms with Crippen molar-refractivity contribution in [3.8, 4) is 5.75 Å². The molecule has 0 unspecified atom stereocenters. The number of amides is 1. The van der Waals surface area contributed by atoms with E-state index in [0.29, 0.717) is 24.4 Å². The van der Waals surface area contributed by atoms with Gasteiger partial charge in [0.15, 0.2) is 0 Å². The Balaban J connectivity index is 1.54. The summed E-state index contributed by atoms with van der Waals surface area (Å²) in [6.07, 6.45) is 0. The smallest absolute Gasteiger partial charge is 0.296 e. The molecule has 0 fully saturated rings. The summed E-state index contributed by atoms with van der Waals surface area (Å²) in [6.45, 7) is 7.09. The molecule has 0 atom stereocenters. The van der Waals surface area contributed by atoms with Gasteiger partial charge in [0.2, 0.25) is 11.5 Å². The number of rotatable bonds is 7. The van der Waals surface area contributed by atoms with Gasteiger partial charge in [0.25, 0.3) is 11.5 Å². The number of nitrogens with one attached hydrogen (secondary N) is 1. The number of nitrogens with zero attached hydrogens (tertiary/aromatic N) is 4. The van der Waals surface area contributed by atoms with Crippen LogP contribution in [0.4, 0.5) is 0 Å². The van der Waals surface area contributed by atoms with Gasteiger partial charge in [-0.1, -0.05) is 48.5 Å². The minimum absolute atomic E-state index is 0.0588. The lowest BCUT2D eigenvalue weighted by Crippen LogP contribution is -2.25. The molecule has 36 heavy (non-hydrogen) atoms. The van der Waals surface area contributed by atoms with Crippen molar-refractivity contribution >= 4 is 22.6 Å². The van der Waals surface area contributed by atoms with Gasteiger partial charge in [-0.2, -0.15) is 4.98 Å². The second kappa shape index (κ2) is 9.65. The van der Waals surface area contributed by atoms with E-state index in [1.165, 1.54) is 4.52 Å². The van der Waals surface area contributed by atoms with Crippen molar-refractivity contribution in [2.75, 3.05) is 6.61 Å². The van der Waals surface area contributed by atoms with E-state index in [2.05, 4.69) is 15.4 Å². The molecule has 0 spiro atoms. The molecule has 2 heterocycles. The largest absolute Gasteiger partial charge is 0.494 e. The first kappa shape index (κ1) is 23.3. The van der Waals surface area contributed by atoms with E-state index >= 15 is 0 Å². The predicted molar refractivity (Wildman–Crippen MR) is 139 cm³/mol. The third-order valence-corrected chi connectivity index (χ3v) is 6.20. The van der Waals surface area contributed by atoms with Crippen LogP contribution in [-0.2, 0) is 13.1 Å². The van der Waals surface area contributed by atoms with Crippen LogP contribution in [0.3, 0.4) is 0 Å². The van der Waals surface area contributed by atoms with Gasteiger partial charge in [0.05, 0.1) is 24.2 Å². The molecule has 0 radical (unpaired) electrons. The molecular formula is C28H27N5O3. The van der Waals surface area contributed by atoms with Gasteiger partial charge in [-0.05, 0) is 55.7 Å². The summed E-state index contributed by atoms with van der Waals surface area (Å²) >= 11 is 0. The summed E-state index contributed by atoms with van der Waals surface area (Å²) in [5, 5.41) is 7.26. The summed E-state index contributed by atoms with van der Waals surface area (Å²) in [4.78, 5) is 30.9. The van der Waals surface area contributed by atoms with Gasteiger partial charge in [-0.3, -0.25) is 14.2 Å². The van der Waals surface area contributed by atoms with Crippen LogP contribution in [0, 0.1) is 13.8 Å². The molecule has 5 rings (SSSR count). The molecule has 0 saturated carbocycles. The maximum absolute atomic E-state index is 13.6. The molecule has 8 heteroatoms. The van der Waals surface area contributed by atoms with E-state index in [9.17, 15) is 9.59 Å². The Morgan fingerprint density at radius 1 is 0.972 bits per heavy atom. The van der Waals surface area contributed by atoms with Crippen LogP contribution in [0.2, 0.25) is 0 Å². The number of ether oxygens (including phenoxy) is 1. The summed E-state index contributed by atoms with van der Waals surface area (Å²) in [5.74, 6) is 0.190. The van der Waals surface area contributed by atoms with Crippen LogP contribution in [0.1, 0.15) is 39.8 Å². The molecule has 3 aromatic carbocycles. The Hall–Kier alpha value is -4.46. The molecule has 2 aromatic heterocycles. The predicted octanol–water partition coefficient (Wildman–Crippen LogP) is 4.04. The number of benzene rings is 3. The Kier molecular flexibility index (Phi) is 6.25. The number of hydrogen-bond acceptors (Lipinski definition) is 5. The number of para-hydroxylation sites is 1. The molecule has 0 aliphatic rings. The molecule has 1 amide bonds. The highest BCUT2D eigenvalue weighted by Crippen LogP contribution is 2.19. The molecule has 5 aromatic rings. The average Bonchev–Trinajstić information content (AvgIpc) is 3.33. The van der Waals surface area contributed by atoms with Gasteiger partial charge in [-0.15, -0.1) is 5.10 Å². The van der Waals surface area contributed by atoms with E-state index in [-0.39, 0.29) is 23.6 Å². The lowest BCUT2D eigenvalue weighted by Gasteiger charge is -2.13. The molecule has 182 valence electrons. The molecule has 0 bridgehead atoms. The first-order valence-corrected chi connectivity index (χ1v) is 11.9. The maximum Gasteiger partial charge on any atom is 0.296 e. The van der Waals surface area contributed by atoms with Crippen LogP contribution >= 0.6 is 0 Å². The number of carbonyl (C=O) groups excluding carboxylic acids is 1. The molecule has 8 nitrogen and oxygen atoms in total. The standard InChI is InChI=1S/C28H27N5O3/c1-4-36-24-12-8-7-10-20(24)16-29-27(34)25-30-26-28(35)32(17-21-11-6-5-9-19(21)3)23-15-18(2)13-14-22(23)33(26)31-25/h5-15H,4,16-17H2,1-3H3,(H,29,34). The van der Waals surface area contributed by atoms with Crippen molar-refractivity contribution in [1.82, 2.24) is 24.5 Å². The topological polar surface area (TPSA) is 90.5 Å². The SMILES string of the molecule is CCOc1ccccc1CNC(=O)c1nc2c(=O)n(Cc3ccccc3C)c3cc(C)ccc3n2n1. The van der Waals surface area contributed by atoms with Gasteiger partial charge in [0.1, 0.15) is 5.75 Å². The number of aromatic nitrogens is 4. The molecule has 0 aliphatic carbocycles. The fourth-order valence-corrected chi connectivity index (χ4v) is 4.29. The van der Waals surface area contributed by atoms with Crippen LogP contribution < -0.4 is 15.6 Å². The van der Waals surface area contributed by atoms with Crippen LogP contribution in [0.5, 0.6) is 5.75 Å². The second-order valence-corrected chi connectivity index (χ2v) is 8.70. The van der Waals surface area contributed by atoms with Crippen molar-refractivity contribution < 1.29 is 9.53 Å². The minimum Gasteiger partial charge on any atom is -0.494 e. The zero-order valence-corrected chi connectivity index (χ0v) is 20.5. The number of hydrogen-bond donors (Lipinski definition) is 1. The first-order chi connectivity index (χ1) is 17.5. The minimum atomic E-state index is -0.463. The third-order valence-electron chi connectivity index (χ3n) is 6.20. The van der Waals surface area contributed by atoms with E-state index in [1.807, 2.05) is 87.5 Å². The number of aryl methyl sites for hydroxylation is 2. The second-order valence-electron chi connectivity index (χ2n) is 8.70. The molecular weight excluding hydrogens is 454 g/mol. The van der Waals surface area contributed by atoms with E-state index in [1.54, 1.807) is 4.57 Å². The highest BCUT2D eigenvalue weighted by molar-refractivity contribution is 5.91. The number of fused-ring (bicyclic) bond motifs is 3. The highest BCUT2D eigenvalue weighted by Gasteiger charge is 2.20. The van der Waals surface area contributed by atoms with Crippen LogP contribution in [-0.4, -0.2) is 31.7 Å². The van der Waals surface area contributed by atoms with Gasteiger partial charge >= 0.3 is 0 Å². The average molecular weight is 482 g/mol. The zero-order chi connectivity index (χ0) is 25.2. The summed E-state index contributed by atoms with van der Waals surface area (Å²) in [7, 11) is 0. The summed E-state index contributed by atoms with van der Waals surface area (Å²) in [6, 6.07) is 21.3. The highest BCUT2D eigenvalue weighted by atomic mass is 16.5. The molecule has 1 N–H and O–H groups in total. The summed E-state index contributed by atoms with van der Waals surface area (Å²) in [5.41, 5.74) is 5.25. The normalized spacial score (nSPS) is 11.2. The summed E-state index contributed by atoms with van der Waals surface area (Å²) < 4.78 is 8.81. The Morgan fingerprint density at radius 3 is 2.50 bits per heavy atom. The number of carbonyl (C=O) groups is 1. The molecule has 0 saturated heterocycles. The molecule has 0 aliphatic heterocycles. The Labute approximate surface area is 208 Å². The van der Waals surface area contributed by atoms with Crippen molar-refractivity contribution in [3.05, 3.63) is 105 Å². The van der Waals surface area contributed by atoms with Gasteiger partial charge < -0.3 is 10.1 Å². The third kappa shape index (κ3) is 4.33. The zero-order valence-electron chi connectivity index (χ0n) is 20.5. The van der Waals surface area contributed by atoms with Crippen molar-refractivity contribution in [2.45, 2.75) is 33.9 Å². The fraction of sp³-hybridized carbons (Fsp3) is 0.214. The van der Waals surface area contributed by atoms with Crippen molar-refractivity contribution in [1.29, 1.82) is 0 Å². The van der Waals surface area contributed by atoms with Gasteiger partial charge in [0, 0.05) is 12.1 Å². The van der Waals surface area contributed by atoms with Gasteiger partial charge in [-0.25, -0.2) is 4.52 Å². The Bertz CT molecular complexity index is 1650. The monoisotopic (exact) mass is 481 g/mol. The lowest BCUT2D eigenvalue weighted by molar-refractivity contribution is 0.0940. The quantitative estimate of drug-likeness (QED) is 0.379. The van der Waals surface area contributed by atoms with Crippen LogP contribution in [0.25, 0.3) is 16.7 Å². The lowest BCUT2D eigenvalue weighted by atomic mass is 10.1. The van der Waals surface area contributed by atoms with Crippen molar-refractivity contribution in [2.24, 2.45) is 0 Å². The Morgan fingerprint density at radius 2 is 1.72 bits per heavy atom. The maximum atomic E-state index is 13.6. The van der Waals surface area contributed by atoms with E-state index < -0.39 is 5.91 Å². The fourth-order valence-electron chi connectivity index (χ4n) is 4.29.